The molecule has 0 bridgehead atoms. The first-order valence-corrected chi connectivity index (χ1v) is 8.33. The molecule has 1 aromatic rings. The highest BCUT2D eigenvalue weighted by molar-refractivity contribution is 5.76. The second kappa shape index (κ2) is 8.00. The monoisotopic (exact) mass is 347 g/mol. The van der Waals surface area contributed by atoms with Crippen LogP contribution in [0, 0.1) is 0 Å². The lowest BCUT2D eigenvalue weighted by Crippen LogP contribution is -2.40. The van der Waals surface area contributed by atoms with E-state index < -0.39 is 11.9 Å². The number of hydrogen-bond donors (Lipinski definition) is 1. The van der Waals surface area contributed by atoms with Crippen molar-refractivity contribution in [1.82, 2.24) is 14.7 Å². The fourth-order valence-electron chi connectivity index (χ4n) is 3.16. The highest BCUT2D eigenvalue weighted by Crippen LogP contribution is 2.31. The topological polar surface area (TPSA) is 58.4 Å². The van der Waals surface area contributed by atoms with Gasteiger partial charge in [0.1, 0.15) is 6.54 Å². The Hall–Kier alpha value is -1.57. The number of amides is 1. The maximum atomic E-state index is 13.0. The summed E-state index contributed by atoms with van der Waals surface area (Å²) in [6, 6.07) is 0.165. The van der Waals surface area contributed by atoms with E-state index in [1.54, 1.807) is 11.9 Å². The summed E-state index contributed by atoms with van der Waals surface area (Å²) in [7, 11) is 1.71. The van der Waals surface area contributed by atoms with Gasteiger partial charge in [0.2, 0.25) is 5.91 Å². The Balaban J connectivity index is 2.07. The van der Waals surface area contributed by atoms with Crippen molar-refractivity contribution in [1.29, 1.82) is 0 Å². The van der Waals surface area contributed by atoms with Crippen molar-refractivity contribution in [3.8, 4) is 0 Å². The summed E-state index contributed by atoms with van der Waals surface area (Å²) >= 11 is 0. The molecule has 0 saturated heterocycles. The molecule has 2 rings (SSSR count). The van der Waals surface area contributed by atoms with Crippen LogP contribution in [0.15, 0.2) is 6.20 Å². The molecule has 0 aliphatic heterocycles. The summed E-state index contributed by atoms with van der Waals surface area (Å²) < 4.78 is 40.2. The highest BCUT2D eigenvalue weighted by atomic mass is 19.4. The fraction of sp³-hybridized carbons (Fsp3) is 0.750. The molecule has 136 valence electrons. The molecular weight excluding hydrogens is 323 g/mol. The highest BCUT2D eigenvalue weighted by Gasteiger charge is 2.37. The zero-order valence-corrected chi connectivity index (χ0v) is 13.8. The van der Waals surface area contributed by atoms with Gasteiger partial charge in [0.25, 0.3) is 0 Å². The first-order valence-electron chi connectivity index (χ1n) is 8.33. The van der Waals surface area contributed by atoms with E-state index in [4.69, 9.17) is 5.11 Å². The molecular formula is C16H24F3N3O2. The van der Waals surface area contributed by atoms with E-state index in [-0.39, 0.29) is 43.5 Å². The molecule has 1 aliphatic carbocycles. The molecule has 8 heteroatoms. The van der Waals surface area contributed by atoms with Crippen LogP contribution in [-0.4, -0.2) is 45.4 Å². The van der Waals surface area contributed by atoms with Crippen LogP contribution >= 0.6 is 0 Å². The van der Waals surface area contributed by atoms with E-state index in [2.05, 4.69) is 5.10 Å². The predicted octanol–water partition coefficient (Wildman–Crippen LogP) is 2.62. The largest absolute Gasteiger partial charge is 0.435 e. The van der Waals surface area contributed by atoms with Gasteiger partial charge in [-0.2, -0.15) is 18.3 Å². The summed E-state index contributed by atoms with van der Waals surface area (Å²) in [4.78, 5) is 14.0. The molecule has 5 nitrogen and oxygen atoms in total. The summed E-state index contributed by atoms with van der Waals surface area (Å²) in [6.07, 6.45) is 2.22. The minimum atomic E-state index is -4.56. The average molecular weight is 347 g/mol. The van der Waals surface area contributed by atoms with Crippen LogP contribution in [0.4, 0.5) is 13.2 Å². The van der Waals surface area contributed by atoms with Crippen molar-refractivity contribution in [2.24, 2.45) is 0 Å². The Morgan fingerprint density at radius 2 is 2.04 bits per heavy atom. The van der Waals surface area contributed by atoms with Crippen LogP contribution < -0.4 is 0 Å². The SMILES string of the molecule is CN(C(=O)Cn1cc(CCCO)c(C(F)(F)F)n1)C1CCCCC1. The number of aromatic nitrogens is 2. The molecule has 1 amide bonds. The number of halogens is 3. The van der Waals surface area contributed by atoms with Crippen LogP contribution in [0.25, 0.3) is 0 Å². The number of nitrogens with zero attached hydrogens (tertiary/aromatic N) is 3. The van der Waals surface area contributed by atoms with E-state index in [1.165, 1.54) is 12.6 Å². The van der Waals surface area contributed by atoms with Crippen molar-refractivity contribution in [3.05, 3.63) is 17.5 Å². The Kier molecular flexibility index (Phi) is 6.26. The van der Waals surface area contributed by atoms with Crippen molar-refractivity contribution >= 4 is 5.91 Å². The molecule has 1 N–H and O–H groups in total. The van der Waals surface area contributed by atoms with E-state index in [9.17, 15) is 18.0 Å². The number of hydrogen-bond acceptors (Lipinski definition) is 3. The van der Waals surface area contributed by atoms with Gasteiger partial charge in [-0.05, 0) is 25.7 Å². The standard InChI is InChI=1S/C16H24F3N3O2/c1-21(13-7-3-2-4-8-13)14(24)11-22-10-12(6-5-9-23)15(20-22)16(17,18)19/h10,13,23H,2-9,11H2,1H3. The van der Waals surface area contributed by atoms with Gasteiger partial charge in [0.15, 0.2) is 5.69 Å². The molecule has 1 saturated carbocycles. The molecule has 0 radical (unpaired) electrons. The predicted molar refractivity (Wildman–Crippen MR) is 82.3 cm³/mol. The minimum Gasteiger partial charge on any atom is -0.396 e. The van der Waals surface area contributed by atoms with Crippen LogP contribution in [-0.2, 0) is 23.9 Å². The second-order valence-corrected chi connectivity index (χ2v) is 6.32. The van der Waals surface area contributed by atoms with Gasteiger partial charge in [-0.15, -0.1) is 0 Å². The van der Waals surface area contributed by atoms with E-state index in [1.807, 2.05) is 0 Å². The molecule has 0 spiro atoms. The third-order valence-corrected chi connectivity index (χ3v) is 4.52. The van der Waals surface area contributed by atoms with Crippen molar-refractivity contribution in [3.63, 3.8) is 0 Å². The van der Waals surface area contributed by atoms with Crippen molar-refractivity contribution < 1.29 is 23.1 Å². The zero-order chi connectivity index (χ0) is 17.7. The minimum absolute atomic E-state index is 0.0182. The zero-order valence-electron chi connectivity index (χ0n) is 13.8. The molecule has 1 fully saturated rings. The Morgan fingerprint density at radius 3 is 2.62 bits per heavy atom. The Labute approximate surface area is 139 Å². The number of aryl methyl sites for hydroxylation is 1. The number of aliphatic hydroxyl groups excluding tert-OH is 1. The molecule has 0 atom stereocenters. The molecule has 0 aromatic carbocycles. The lowest BCUT2D eigenvalue weighted by molar-refractivity contribution is -0.142. The molecule has 0 unspecified atom stereocenters. The second-order valence-electron chi connectivity index (χ2n) is 6.32. The van der Waals surface area contributed by atoms with Gasteiger partial charge < -0.3 is 10.0 Å². The van der Waals surface area contributed by atoms with E-state index in [0.29, 0.717) is 0 Å². The van der Waals surface area contributed by atoms with Gasteiger partial charge >= 0.3 is 6.18 Å². The molecule has 1 aliphatic rings. The number of likely N-dealkylation sites (N-methyl/N-ethyl adjacent to an activating group) is 1. The number of alkyl halides is 3. The van der Waals surface area contributed by atoms with Crippen molar-refractivity contribution in [2.75, 3.05) is 13.7 Å². The summed E-state index contributed by atoms with van der Waals surface area (Å²) in [5.41, 5.74) is -0.950. The molecule has 1 aromatic heterocycles. The number of rotatable bonds is 6. The fourth-order valence-corrected chi connectivity index (χ4v) is 3.16. The van der Waals surface area contributed by atoms with E-state index in [0.717, 1.165) is 30.4 Å². The summed E-state index contributed by atoms with van der Waals surface area (Å²) in [6.45, 7) is -0.388. The maximum absolute atomic E-state index is 13.0. The summed E-state index contributed by atoms with van der Waals surface area (Å²) in [5.74, 6) is -0.230. The third-order valence-electron chi connectivity index (χ3n) is 4.52. The van der Waals surface area contributed by atoms with Crippen LogP contribution in [0.5, 0.6) is 0 Å². The number of carbonyl (C=O) groups is 1. The van der Waals surface area contributed by atoms with Gasteiger partial charge in [-0.1, -0.05) is 19.3 Å². The lowest BCUT2D eigenvalue weighted by atomic mass is 9.94. The average Bonchev–Trinajstić information content (AvgIpc) is 2.96. The quantitative estimate of drug-likeness (QED) is 0.861. The normalized spacial score (nSPS) is 16.4. The van der Waals surface area contributed by atoms with E-state index >= 15 is 0 Å². The van der Waals surface area contributed by atoms with Gasteiger partial charge in [-0.25, -0.2) is 0 Å². The van der Waals surface area contributed by atoms with Crippen LogP contribution in [0.2, 0.25) is 0 Å². The third kappa shape index (κ3) is 4.72. The van der Waals surface area contributed by atoms with Gasteiger partial charge in [-0.3, -0.25) is 9.48 Å². The van der Waals surface area contributed by atoms with Crippen LogP contribution in [0.3, 0.4) is 0 Å². The Bertz CT molecular complexity index is 551. The first kappa shape index (κ1) is 18.8. The van der Waals surface area contributed by atoms with Gasteiger partial charge in [0, 0.05) is 31.5 Å². The Morgan fingerprint density at radius 1 is 1.38 bits per heavy atom. The first-order chi connectivity index (χ1) is 11.3. The molecule has 24 heavy (non-hydrogen) atoms. The molecule has 1 heterocycles. The smallest absolute Gasteiger partial charge is 0.396 e. The number of aliphatic hydroxyl groups is 1. The van der Waals surface area contributed by atoms with Crippen LogP contribution in [0.1, 0.15) is 49.8 Å². The summed E-state index contributed by atoms with van der Waals surface area (Å²) in [5, 5.41) is 12.4. The van der Waals surface area contributed by atoms with Gasteiger partial charge in [0.05, 0.1) is 0 Å². The number of carbonyl (C=O) groups excluding carboxylic acids is 1. The maximum Gasteiger partial charge on any atom is 0.435 e. The lowest BCUT2D eigenvalue weighted by Gasteiger charge is -2.31. The van der Waals surface area contributed by atoms with Crippen molar-refractivity contribution in [2.45, 2.75) is 63.7 Å².